The molecule has 0 aromatic heterocycles. The predicted molar refractivity (Wildman–Crippen MR) is 97.2 cm³/mol. The summed E-state index contributed by atoms with van der Waals surface area (Å²) in [5, 5.41) is 0. The van der Waals surface area contributed by atoms with Crippen LogP contribution in [-0.4, -0.2) is 42.5 Å². The molecule has 126 valence electrons. The van der Waals surface area contributed by atoms with Gasteiger partial charge in [-0.05, 0) is 38.8 Å². The number of nitrogens with two attached hydrogens (primary N) is 1. The maximum Gasteiger partial charge on any atom is 0.242 e. The molecule has 1 saturated heterocycles. The van der Waals surface area contributed by atoms with Gasteiger partial charge in [-0.15, -0.1) is 24.8 Å². The highest BCUT2D eigenvalue weighted by molar-refractivity contribution is 5.86. The summed E-state index contributed by atoms with van der Waals surface area (Å²) in [7, 11) is 2.13. The van der Waals surface area contributed by atoms with Crippen LogP contribution in [0.1, 0.15) is 26.7 Å². The van der Waals surface area contributed by atoms with Gasteiger partial charge in [0.15, 0.2) is 0 Å². The fourth-order valence-electron chi connectivity index (χ4n) is 2.74. The summed E-state index contributed by atoms with van der Waals surface area (Å²) in [6.07, 6.45) is 1.99. The fraction of sp³-hybridized carbons (Fsp3) is 0.562. The summed E-state index contributed by atoms with van der Waals surface area (Å²) in [6, 6.07) is 10.9. The minimum Gasteiger partial charge on any atom is -0.371 e. The highest BCUT2D eigenvalue weighted by Gasteiger charge is 2.31. The second-order valence-corrected chi connectivity index (χ2v) is 6.19. The SMILES string of the molecule is CN(c1ccccc1)C1CCN(C(=O)C(C)(C)N)CC1.Cl.Cl. The van der Waals surface area contributed by atoms with Crippen molar-refractivity contribution in [2.24, 2.45) is 5.73 Å². The molecule has 0 saturated carbocycles. The van der Waals surface area contributed by atoms with E-state index in [4.69, 9.17) is 5.73 Å². The lowest BCUT2D eigenvalue weighted by atomic mass is 9.99. The Labute approximate surface area is 145 Å². The number of carbonyl (C=O) groups excluding carboxylic acids is 1. The first kappa shape index (κ1) is 21.0. The molecular formula is C16H27Cl2N3O. The Hall–Kier alpha value is -0.970. The molecule has 1 aromatic carbocycles. The quantitative estimate of drug-likeness (QED) is 0.914. The monoisotopic (exact) mass is 347 g/mol. The number of likely N-dealkylation sites (tertiary alicyclic amines) is 1. The number of hydrogen-bond donors (Lipinski definition) is 1. The Kier molecular flexibility index (Phi) is 8.23. The number of amides is 1. The Balaban J connectivity index is 0.00000220. The smallest absolute Gasteiger partial charge is 0.242 e. The van der Waals surface area contributed by atoms with Gasteiger partial charge in [0.25, 0.3) is 0 Å². The normalized spacial score (nSPS) is 15.5. The van der Waals surface area contributed by atoms with E-state index in [9.17, 15) is 4.79 Å². The molecule has 0 unspecified atom stereocenters. The van der Waals surface area contributed by atoms with Crippen LogP contribution < -0.4 is 10.6 Å². The summed E-state index contributed by atoms with van der Waals surface area (Å²) in [5.74, 6) is 0.0540. The lowest BCUT2D eigenvalue weighted by molar-refractivity contribution is -0.136. The molecule has 0 bridgehead atoms. The van der Waals surface area contributed by atoms with Crippen molar-refractivity contribution in [2.75, 3.05) is 25.0 Å². The molecule has 22 heavy (non-hydrogen) atoms. The van der Waals surface area contributed by atoms with Crippen LogP contribution >= 0.6 is 24.8 Å². The number of halogens is 2. The van der Waals surface area contributed by atoms with Crippen LogP contribution in [0.25, 0.3) is 0 Å². The summed E-state index contributed by atoms with van der Waals surface area (Å²) < 4.78 is 0. The number of carbonyl (C=O) groups is 1. The second-order valence-electron chi connectivity index (χ2n) is 6.19. The number of para-hydroxylation sites is 1. The molecule has 1 amide bonds. The molecular weight excluding hydrogens is 321 g/mol. The van der Waals surface area contributed by atoms with Crippen molar-refractivity contribution >= 4 is 36.4 Å². The molecule has 2 N–H and O–H groups in total. The van der Waals surface area contributed by atoms with Crippen LogP contribution in [0.15, 0.2) is 30.3 Å². The van der Waals surface area contributed by atoms with Gasteiger partial charge in [0, 0.05) is 31.9 Å². The molecule has 1 aliphatic rings. The molecule has 1 aromatic rings. The van der Waals surface area contributed by atoms with Crippen LogP contribution in [0.3, 0.4) is 0 Å². The van der Waals surface area contributed by atoms with Gasteiger partial charge >= 0.3 is 0 Å². The van der Waals surface area contributed by atoms with Crippen molar-refractivity contribution in [1.29, 1.82) is 0 Å². The minimum atomic E-state index is -0.766. The number of rotatable bonds is 3. The minimum absolute atomic E-state index is 0. The van der Waals surface area contributed by atoms with Crippen molar-refractivity contribution in [3.8, 4) is 0 Å². The van der Waals surface area contributed by atoms with Gasteiger partial charge in [0.05, 0.1) is 5.54 Å². The zero-order chi connectivity index (χ0) is 14.8. The van der Waals surface area contributed by atoms with Crippen LogP contribution in [-0.2, 0) is 4.79 Å². The van der Waals surface area contributed by atoms with E-state index in [0.29, 0.717) is 6.04 Å². The van der Waals surface area contributed by atoms with Gasteiger partial charge in [-0.25, -0.2) is 0 Å². The van der Waals surface area contributed by atoms with E-state index >= 15 is 0 Å². The van der Waals surface area contributed by atoms with E-state index in [0.717, 1.165) is 25.9 Å². The lowest BCUT2D eigenvalue weighted by Gasteiger charge is -2.39. The Morgan fingerprint density at radius 3 is 2.14 bits per heavy atom. The molecule has 1 fully saturated rings. The van der Waals surface area contributed by atoms with E-state index in [1.165, 1.54) is 5.69 Å². The van der Waals surface area contributed by atoms with Crippen LogP contribution in [0.5, 0.6) is 0 Å². The molecule has 4 nitrogen and oxygen atoms in total. The zero-order valence-corrected chi connectivity index (χ0v) is 15.1. The first-order valence-corrected chi connectivity index (χ1v) is 7.26. The highest BCUT2D eigenvalue weighted by atomic mass is 35.5. The van der Waals surface area contributed by atoms with Crippen molar-refractivity contribution < 1.29 is 4.79 Å². The number of benzene rings is 1. The fourth-order valence-corrected chi connectivity index (χ4v) is 2.74. The second kappa shape index (κ2) is 8.61. The van der Waals surface area contributed by atoms with Gasteiger partial charge < -0.3 is 15.5 Å². The lowest BCUT2D eigenvalue weighted by Crippen LogP contribution is -2.55. The number of piperidine rings is 1. The van der Waals surface area contributed by atoms with E-state index in [-0.39, 0.29) is 30.7 Å². The molecule has 2 rings (SSSR count). The van der Waals surface area contributed by atoms with Crippen LogP contribution in [0.2, 0.25) is 0 Å². The largest absolute Gasteiger partial charge is 0.371 e. The van der Waals surface area contributed by atoms with Crippen molar-refractivity contribution in [2.45, 2.75) is 38.3 Å². The van der Waals surface area contributed by atoms with E-state index in [1.807, 2.05) is 11.0 Å². The Morgan fingerprint density at radius 2 is 1.68 bits per heavy atom. The van der Waals surface area contributed by atoms with Gasteiger partial charge in [-0.3, -0.25) is 4.79 Å². The summed E-state index contributed by atoms with van der Waals surface area (Å²) in [4.78, 5) is 16.4. The topological polar surface area (TPSA) is 49.6 Å². The van der Waals surface area contributed by atoms with Gasteiger partial charge in [-0.2, -0.15) is 0 Å². The zero-order valence-electron chi connectivity index (χ0n) is 13.5. The summed E-state index contributed by atoms with van der Waals surface area (Å²) in [6.45, 7) is 5.14. The molecule has 6 heteroatoms. The van der Waals surface area contributed by atoms with Gasteiger partial charge in [0.2, 0.25) is 5.91 Å². The number of anilines is 1. The molecule has 0 spiro atoms. The van der Waals surface area contributed by atoms with Crippen molar-refractivity contribution in [3.05, 3.63) is 30.3 Å². The molecule has 0 aliphatic carbocycles. The predicted octanol–water partition coefficient (Wildman–Crippen LogP) is 2.69. The van der Waals surface area contributed by atoms with Crippen molar-refractivity contribution in [1.82, 2.24) is 4.90 Å². The number of hydrogen-bond acceptors (Lipinski definition) is 3. The number of nitrogens with zero attached hydrogens (tertiary/aromatic N) is 2. The standard InChI is InChI=1S/C16H25N3O.2ClH/c1-16(2,17)15(20)19-11-9-14(10-12-19)18(3)13-7-5-4-6-8-13;;/h4-8,14H,9-12,17H2,1-3H3;2*1H. The highest BCUT2D eigenvalue weighted by Crippen LogP contribution is 2.22. The summed E-state index contributed by atoms with van der Waals surface area (Å²) in [5.41, 5.74) is 6.36. The molecule has 1 heterocycles. The Morgan fingerprint density at radius 1 is 1.18 bits per heavy atom. The van der Waals surface area contributed by atoms with Gasteiger partial charge in [0.1, 0.15) is 0 Å². The van der Waals surface area contributed by atoms with E-state index in [2.05, 4.69) is 36.2 Å². The average molecular weight is 348 g/mol. The Bertz CT molecular complexity index is 454. The van der Waals surface area contributed by atoms with Crippen LogP contribution in [0, 0.1) is 0 Å². The average Bonchev–Trinajstić information content (AvgIpc) is 2.46. The third-order valence-corrected chi connectivity index (χ3v) is 4.01. The molecule has 1 aliphatic heterocycles. The van der Waals surface area contributed by atoms with Crippen molar-refractivity contribution in [3.63, 3.8) is 0 Å². The molecule has 0 radical (unpaired) electrons. The first-order chi connectivity index (χ1) is 9.39. The first-order valence-electron chi connectivity index (χ1n) is 7.26. The maximum atomic E-state index is 12.2. The van der Waals surface area contributed by atoms with E-state index in [1.54, 1.807) is 13.8 Å². The third-order valence-electron chi connectivity index (χ3n) is 4.01. The molecule has 0 atom stereocenters. The summed E-state index contributed by atoms with van der Waals surface area (Å²) >= 11 is 0. The maximum absolute atomic E-state index is 12.2. The van der Waals surface area contributed by atoms with Gasteiger partial charge in [-0.1, -0.05) is 18.2 Å². The third kappa shape index (κ3) is 5.04. The van der Waals surface area contributed by atoms with E-state index < -0.39 is 5.54 Å². The van der Waals surface area contributed by atoms with Crippen LogP contribution in [0.4, 0.5) is 5.69 Å².